The van der Waals surface area contributed by atoms with Crippen LogP contribution < -0.4 is 5.32 Å². The van der Waals surface area contributed by atoms with E-state index in [0.717, 1.165) is 51.4 Å². The van der Waals surface area contributed by atoms with E-state index in [1.54, 1.807) is 0 Å². The highest BCUT2D eigenvalue weighted by atomic mass is 16.5. The maximum absolute atomic E-state index is 13.2. The number of unbranched alkanes of at least 4 members (excludes halogenated alkanes) is 37. The SMILES string of the molecule is CCCCCCCCCCC/C=C/CCCCCCCC(=O)OC(CCCCCCCCCCCCC)CC(=O)NC(CO)C(O)CCCCCCCCCCCCCCCC. The van der Waals surface area contributed by atoms with Crippen LogP contribution in [0, 0.1) is 0 Å². The summed E-state index contributed by atoms with van der Waals surface area (Å²) in [5.74, 6) is -0.464. The van der Waals surface area contributed by atoms with Crippen LogP contribution in [0.3, 0.4) is 0 Å². The van der Waals surface area contributed by atoms with Crippen molar-refractivity contribution in [3.8, 4) is 0 Å². The summed E-state index contributed by atoms with van der Waals surface area (Å²) < 4.78 is 5.94. The van der Waals surface area contributed by atoms with Gasteiger partial charge in [0.2, 0.25) is 5.91 Å². The molecule has 0 aliphatic carbocycles. The third kappa shape index (κ3) is 45.2. The monoisotopic (exact) mass is 876 g/mol. The van der Waals surface area contributed by atoms with Crippen LogP contribution >= 0.6 is 0 Å². The molecule has 6 nitrogen and oxygen atoms in total. The Hall–Kier alpha value is -1.40. The Bertz CT molecular complexity index is 939. The van der Waals surface area contributed by atoms with Crippen molar-refractivity contribution in [3.63, 3.8) is 0 Å². The van der Waals surface area contributed by atoms with Crippen molar-refractivity contribution >= 4 is 11.9 Å². The molecular weight excluding hydrogens is 767 g/mol. The topological polar surface area (TPSA) is 95.9 Å². The highest BCUT2D eigenvalue weighted by Gasteiger charge is 2.24. The number of carbonyl (C=O) groups is 2. The molecule has 3 atom stereocenters. The molecule has 368 valence electrons. The number of rotatable bonds is 51. The molecule has 0 aromatic heterocycles. The molecule has 0 heterocycles. The lowest BCUT2D eigenvalue weighted by Gasteiger charge is -2.24. The van der Waals surface area contributed by atoms with Crippen LogP contribution in [0.5, 0.6) is 0 Å². The minimum absolute atomic E-state index is 0.0816. The van der Waals surface area contributed by atoms with Gasteiger partial charge >= 0.3 is 5.97 Å². The number of allylic oxidation sites excluding steroid dienone is 2. The second-order valence-corrected chi connectivity index (χ2v) is 19.3. The highest BCUT2D eigenvalue weighted by molar-refractivity contribution is 5.77. The van der Waals surface area contributed by atoms with E-state index < -0.39 is 18.2 Å². The van der Waals surface area contributed by atoms with Gasteiger partial charge in [-0.05, 0) is 51.4 Å². The fourth-order valence-corrected chi connectivity index (χ4v) is 8.84. The summed E-state index contributed by atoms with van der Waals surface area (Å²) in [7, 11) is 0. The predicted molar refractivity (Wildman–Crippen MR) is 269 cm³/mol. The summed E-state index contributed by atoms with van der Waals surface area (Å²) in [6.45, 7) is 6.51. The summed E-state index contributed by atoms with van der Waals surface area (Å²) in [5, 5.41) is 23.8. The zero-order valence-corrected chi connectivity index (χ0v) is 42.0. The molecule has 62 heavy (non-hydrogen) atoms. The highest BCUT2D eigenvalue weighted by Crippen LogP contribution is 2.19. The van der Waals surface area contributed by atoms with Gasteiger partial charge in [-0.15, -0.1) is 0 Å². The molecule has 0 bridgehead atoms. The Kier molecular flexibility index (Phi) is 49.5. The lowest BCUT2D eigenvalue weighted by atomic mass is 10.0. The van der Waals surface area contributed by atoms with Gasteiger partial charge in [0.1, 0.15) is 6.10 Å². The number of amides is 1. The fourth-order valence-electron chi connectivity index (χ4n) is 8.84. The molecule has 0 radical (unpaired) electrons. The van der Waals surface area contributed by atoms with Crippen LogP contribution in [0.2, 0.25) is 0 Å². The Morgan fingerprint density at radius 1 is 0.452 bits per heavy atom. The zero-order chi connectivity index (χ0) is 45.2. The standard InChI is InChI=1S/C56H109NO5/c1-4-7-10-13-16-19-22-24-26-27-28-29-31-34-37-40-43-46-49-56(61)62-52(47-44-41-38-35-32-21-18-15-12-9-6-3)50-55(60)57-53(51-58)54(59)48-45-42-39-36-33-30-25-23-20-17-14-11-8-5-2/h28-29,52-54,58-59H,4-27,30-51H2,1-3H3,(H,57,60)/b29-28+. The van der Waals surface area contributed by atoms with Gasteiger partial charge in [-0.3, -0.25) is 9.59 Å². The lowest BCUT2D eigenvalue weighted by Crippen LogP contribution is -2.46. The third-order valence-corrected chi connectivity index (χ3v) is 13.1. The Labute approximate surface area is 387 Å². The van der Waals surface area contributed by atoms with E-state index in [2.05, 4.69) is 38.2 Å². The number of hydrogen-bond donors (Lipinski definition) is 3. The fraction of sp³-hybridized carbons (Fsp3) is 0.929. The van der Waals surface area contributed by atoms with Gasteiger partial charge in [-0.25, -0.2) is 0 Å². The predicted octanol–water partition coefficient (Wildman–Crippen LogP) is 16.9. The number of hydrogen-bond acceptors (Lipinski definition) is 5. The quantitative estimate of drug-likeness (QED) is 0.0321. The van der Waals surface area contributed by atoms with Crippen LogP contribution in [-0.4, -0.2) is 46.9 Å². The van der Waals surface area contributed by atoms with Crippen molar-refractivity contribution in [2.45, 2.75) is 328 Å². The molecular formula is C56H109NO5. The van der Waals surface area contributed by atoms with Gasteiger partial charge < -0.3 is 20.3 Å². The van der Waals surface area contributed by atoms with E-state index in [0.29, 0.717) is 19.3 Å². The van der Waals surface area contributed by atoms with Gasteiger partial charge in [0, 0.05) is 6.42 Å². The molecule has 0 fully saturated rings. The van der Waals surface area contributed by atoms with E-state index in [4.69, 9.17) is 4.74 Å². The molecule has 0 spiro atoms. The maximum atomic E-state index is 13.2. The first kappa shape index (κ1) is 60.6. The summed E-state index contributed by atoms with van der Waals surface area (Å²) in [6, 6.07) is -0.696. The summed E-state index contributed by atoms with van der Waals surface area (Å²) in [4.78, 5) is 26.2. The minimum atomic E-state index is -0.783. The summed E-state index contributed by atoms with van der Waals surface area (Å²) in [6.07, 6.45) is 57.0. The Morgan fingerprint density at radius 3 is 1.15 bits per heavy atom. The van der Waals surface area contributed by atoms with Crippen LogP contribution in [0.15, 0.2) is 12.2 Å². The van der Waals surface area contributed by atoms with Gasteiger partial charge in [0.05, 0.1) is 25.2 Å². The number of aliphatic hydroxyl groups excluding tert-OH is 2. The van der Waals surface area contributed by atoms with Crippen molar-refractivity contribution in [3.05, 3.63) is 12.2 Å². The van der Waals surface area contributed by atoms with E-state index in [1.165, 1.54) is 212 Å². The molecule has 0 saturated carbocycles. The van der Waals surface area contributed by atoms with Crippen LogP contribution in [0.1, 0.15) is 310 Å². The second-order valence-electron chi connectivity index (χ2n) is 19.3. The van der Waals surface area contributed by atoms with Gasteiger partial charge in [-0.1, -0.05) is 258 Å². The van der Waals surface area contributed by atoms with E-state index >= 15 is 0 Å². The van der Waals surface area contributed by atoms with E-state index in [9.17, 15) is 19.8 Å². The van der Waals surface area contributed by atoms with Crippen molar-refractivity contribution in [2.75, 3.05) is 6.61 Å². The first-order valence-electron chi connectivity index (χ1n) is 27.9. The average molecular weight is 876 g/mol. The average Bonchev–Trinajstić information content (AvgIpc) is 3.26. The van der Waals surface area contributed by atoms with Gasteiger partial charge in [-0.2, -0.15) is 0 Å². The molecule has 1 amide bonds. The number of aliphatic hydroxyl groups is 2. The lowest BCUT2D eigenvalue weighted by molar-refractivity contribution is -0.151. The minimum Gasteiger partial charge on any atom is -0.462 e. The Balaban J connectivity index is 4.45. The molecule has 6 heteroatoms. The second kappa shape index (κ2) is 50.6. The summed E-state index contributed by atoms with van der Waals surface area (Å²) >= 11 is 0. The van der Waals surface area contributed by atoms with E-state index in [1.807, 2.05) is 0 Å². The first-order chi connectivity index (χ1) is 30.5. The molecule has 0 aromatic carbocycles. The largest absolute Gasteiger partial charge is 0.462 e. The summed E-state index contributed by atoms with van der Waals surface area (Å²) in [5.41, 5.74) is 0. The third-order valence-electron chi connectivity index (χ3n) is 13.1. The molecule has 0 aliphatic rings. The maximum Gasteiger partial charge on any atom is 0.306 e. The van der Waals surface area contributed by atoms with E-state index in [-0.39, 0.29) is 24.9 Å². The molecule has 0 aliphatic heterocycles. The van der Waals surface area contributed by atoms with Crippen LogP contribution in [0.4, 0.5) is 0 Å². The molecule has 0 aromatic rings. The Morgan fingerprint density at radius 2 is 0.774 bits per heavy atom. The molecule has 0 rings (SSSR count). The van der Waals surface area contributed by atoms with Crippen molar-refractivity contribution in [1.29, 1.82) is 0 Å². The number of ether oxygens (including phenoxy) is 1. The van der Waals surface area contributed by atoms with Crippen molar-refractivity contribution in [1.82, 2.24) is 5.32 Å². The van der Waals surface area contributed by atoms with Crippen LogP contribution in [0.25, 0.3) is 0 Å². The molecule has 3 N–H and O–H groups in total. The smallest absolute Gasteiger partial charge is 0.306 e. The van der Waals surface area contributed by atoms with Crippen molar-refractivity contribution in [2.24, 2.45) is 0 Å². The zero-order valence-electron chi connectivity index (χ0n) is 42.0. The molecule has 0 saturated heterocycles. The van der Waals surface area contributed by atoms with Gasteiger partial charge in [0.15, 0.2) is 0 Å². The number of nitrogens with one attached hydrogen (secondary N) is 1. The van der Waals surface area contributed by atoms with Crippen LogP contribution in [-0.2, 0) is 14.3 Å². The van der Waals surface area contributed by atoms with Gasteiger partial charge in [0.25, 0.3) is 0 Å². The molecule has 3 unspecified atom stereocenters. The normalized spacial score (nSPS) is 13.2. The number of esters is 1. The van der Waals surface area contributed by atoms with Crippen molar-refractivity contribution < 1.29 is 24.5 Å². The first-order valence-corrected chi connectivity index (χ1v) is 27.9. The number of carbonyl (C=O) groups excluding carboxylic acids is 2.